The van der Waals surface area contributed by atoms with Crippen molar-refractivity contribution in [2.75, 3.05) is 19.7 Å². The van der Waals surface area contributed by atoms with Gasteiger partial charge in [-0.2, -0.15) is 5.10 Å². The number of aliphatic hydroxyl groups is 1. The Labute approximate surface area is 146 Å². The third-order valence-electron chi connectivity index (χ3n) is 4.55. The Hall–Kier alpha value is -2.47. The van der Waals surface area contributed by atoms with Crippen LogP contribution in [0.25, 0.3) is 6.08 Å². The molecule has 1 aromatic heterocycles. The normalized spacial score (nSPS) is 15.8. The molecule has 0 saturated carbocycles. The van der Waals surface area contributed by atoms with E-state index in [1.54, 1.807) is 24.4 Å². The molecular weight excluding hydrogens is 321 g/mol. The Morgan fingerprint density at radius 2 is 2.12 bits per heavy atom. The van der Waals surface area contributed by atoms with E-state index in [9.17, 15) is 9.18 Å². The first kappa shape index (κ1) is 17.4. The highest BCUT2D eigenvalue weighted by atomic mass is 19.1. The summed E-state index contributed by atoms with van der Waals surface area (Å²) in [5.74, 6) is -0.00761. The molecule has 1 N–H and O–H groups in total. The zero-order chi connectivity index (χ0) is 17.6. The number of likely N-dealkylation sites (tertiary alicyclic amines) is 1. The number of rotatable bonds is 5. The van der Waals surface area contributed by atoms with Crippen LogP contribution in [0.1, 0.15) is 30.0 Å². The molecule has 25 heavy (non-hydrogen) atoms. The van der Waals surface area contributed by atoms with Crippen molar-refractivity contribution >= 4 is 12.0 Å². The fourth-order valence-corrected chi connectivity index (χ4v) is 3.25. The molecule has 0 aliphatic carbocycles. The van der Waals surface area contributed by atoms with Gasteiger partial charge in [0.05, 0.1) is 13.2 Å². The highest BCUT2D eigenvalue weighted by Crippen LogP contribution is 2.28. The molecule has 2 heterocycles. The fourth-order valence-electron chi connectivity index (χ4n) is 3.25. The molecule has 1 aliphatic heterocycles. The molecule has 2 aromatic rings. The Kier molecular flexibility index (Phi) is 5.60. The van der Waals surface area contributed by atoms with Crippen molar-refractivity contribution in [3.8, 4) is 0 Å². The third kappa shape index (κ3) is 4.33. The highest BCUT2D eigenvalue weighted by Gasteiger charge is 2.24. The second kappa shape index (κ2) is 8.07. The summed E-state index contributed by atoms with van der Waals surface area (Å²) in [6.07, 6.45) is 6.65. The lowest BCUT2D eigenvalue weighted by Crippen LogP contribution is -2.37. The minimum Gasteiger partial charge on any atom is -0.394 e. The summed E-state index contributed by atoms with van der Waals surface area (Å²) in [7, 11) is 0. The zero-order valence-electron chi connectivity index (χ0n) is 14.0. The summed E-state index contributed by atoms with van der Waals surface area (Å²) in [4.78, 5) is 14.1. The standard InChI is InChI=1S/C19H22FN3O2/c20-17-3-1-2-15(14-17)4-5-19(25)22-10-7-16(8-11-22)18-6-9-21-23(18)12-13-24/h1-6,9,14,16,24H,7-8,10-13H2/b5-4+. The van der Waals surface area contributed by atoms with E-state index < -0.39 is 0 Å². The number of hydrogen-bond donors (Lipinski definition) is 1. The first-order chi connectivity index (χ1) is 12.2. The van der Waals surface area contributed by atoms with E-state index in [1.165, 1.54) is 18.2 Å². The molecule has 132 valence electrons. The Balaban J connectivity index is 1.56. The van der Waals surface area contributed by atoms with Crippen LogP contribution in [0.4, 0.5) is 4.39 Å². The maximum atomic E-state index is 13.2. The number of benzene rings is 1. The van der Waals surface area contributed by atoms with Crippen molar-refractivity contribution in [3.05, 3.63) is 59.7 Å². The van der Waals surface area contributed by atoms with E-state index in [0.29, 0.717) is 31.1 Å². The first-order valence-electron chi connectivity index (χ1n) is 8.52. The van der Waals surface area contributed by atoms with Gasteiger partial charge < -0.3 is 10.0 Å². The van der Waals surface area contributed by atoms with Crippen LogP contribution in [0.2, 0.25) is 0 Å². The molecule has 5 nitrogen and oxygen atoms in total. The summed E-state index contributed by atoms with van der Waals surface area (Å²) >= 11 is 0. The number of hydrogen-bond acceptors (Lipinski definition) is 3. The van der Waals surface area contributed by atoms with Gasteiger partial charge in [-0.3, -0.25) is 9.48 Å². The van der Waals surface area contributed by atoms with E-state index in [0.717, 1.165) is 18.5 Å². The molecule has 1 saturated heterocycles. The van der Waals surface area contributed by atoms with E-state index >= 15 is 0 Å². The van der Waals surface area contributed by atoms with Crippen molar-refractivity contribution in [2.24, 2.45) is 0 Å². The number of aliphatic hydroxyl groups excluding tert-OH is 1. The third-order valence-corrected chi connectivity index (χ3v) is 4.55. The smallest absolute Gasteiger partial charge is 0.246 e. The molecule has 1 aromatic carbocycles. The predicted octanol–water partition coefficient (Wildman–Crippen LogP) is 2.43. The lowest BCUT2D eigenvalue weighted by Gasteiger charge is -2.31. The average Bonchev–Trinajstić information content (AvgIpc) is 3.08. The van der Waals surface area contributed by atoms with Crippen LogP contribution >= 0.6 is 0 Å². The van der Waals surface area contributed by atoms with Gasteiger partial charge in [0.25, 0.3) is 0 Å². The predicted molar refractivity (Wildman–Crippen MR) is 93.3 cm³/mol. The SMILES string of the molecule is O=C(/C=C/c1cccc(F)c1)N1CCC(c2ccnn2CCO)CC1. The van der Waals surface area contributed by atoms with Gasteiger partial charge in [0.2, 0.25) is 5.91 Å². The van der Waals surface area contributed by atoms with E-state index in [4.69, 9.17) is 5.11 Å². The maximum Gasteiger partial charge on any atom is 0.246 e. The summed E-state index contributed by atoms with van der Waals surface area (Å²) in [5, 5.41) is 13.3. The van der Waals surface area contributed by atoms with Gasteiger partial charge in [0.1, 0.15) is 5.82 Å². The number of halogens is 1. The number of carbonyl (C=O) groups is 1. The monoisotopic (exact) mass is 343 g/mol. The Morgan fingerprint density at radius 1 is 1.32 bits per heavy atom. The van der Waals surface area contributed by atoms with E-state index in [-0.39, 0.29) is 18.3 Å². The van der Waals surface area contributed by atoms with Crippen LogP contribution in [-0.4, -0.2) is 45.4 Å². The molecule has 1 fully saturated rings. The quantitative estimate of drug-likeness (QED) is 0.849. The van der Waals surface area contributed by atoms with Crippen molar-refractivity contribution in [1.82, 2.24) is 14.7 Å². The average molecular weight is 343 g/mol. The van der Waals surface area contributed by atoms with E-state index in [1.807, 2.05) is 15.6 Å². The summed E-state index contributed by atoms with van der Waals surface area (Å²) in [5.41, 5.74) is 1.80. The van der Waals surface area contributed by atoms with Crippen molar-refractivity contribution in [1.29, 1.82) is 0 Å². The maximum absolute atomic E-state index is 13.2. The summed E-state index contributed by atoms with van der Waals surface area (Å²) in [6, 6.07) is 8.16. The highest BCUT2D eigenvalue weighted by molar-refractivity contribution is 5.91. The molecule has 0 bridgehead atoms. The van der Waals surface area contributed by atoms with Gasteiger partial charge >= 0.3 is 0 Å². The first-order valence-corrected chi connectivity index (χ1v) is 8.52. The molecule has 0 atom stereocenters. The lowest BCUT2D eigenvalue weighted by molar-refractivity contribution is -0.127. The number of nitrogens with zero attached hydrogens (tertiary/aromatic N) is 3. The Bertz CT molecular complexity index is 749. The van der Waals surface area contributed by atoms with Crippen molar-refractivity contribution < 1.29 is 14.3 Å². The molecule has 3 rings (SSSR count). The van der Waals surface area contributed by atoms with Gasteiger partial charge in [-0.05, 0) is 42.7 Å². The van der Waals surface area contributed by atoms with Crippen LogP contribution in [0.3, 0.4) is 0 Å². The van der Waals surface area contributed by atoms with Crippen LogP contribution in [-0.2, 0) is 11.3 Å². The molecular formula is C19H22FN3O2. The second-order valence-electron chi connectivity index (χ2n) is 6.19. The topological polar surface area (TPSA) is 58.4 Å². The van der Waals surface area contributed by atoms with Crippen LogP contribution in [0, 0.1) is 5.82 Å². The number of carbonyl (C=O) groups excluding carboxylic acids is 1. The lowest BCUT2D eigenvalue weighted by atomic mass is 9.93. The van der Waals surface area contributed by atoms with Gasteiger partial charge in [-0.1, -0.05) is 12.1 Å². The van der Waals surface area contributed by atoms with E-state index in [2.05, 4.69) is 5.10 Å². The van der Waals surface area contributed by atoms with Gasteiger partial charge in [0, 0.05) is 37.0 Å². The van der Waals surface area contributed by atoms with Gasteiger partial charge in [-0.15, -0.1) is 0 Å². The fraction of sp³-hybridized carbons (Fsp3) is 0.368. The van der Waals surface area contributed by atoms with Crippen LogP contribution in [0.15, 0.2) is 42.6 Å². The molecule has 1 aliphatic rings. The minimum atomic E-state index is -0.310. The minimum absolute atomic E-state index is 0.0495. The number of aromatic nitrogens is 2. The number of amides is 1. The summed E-state index contributed by atoms with van der Waals surface area (Å²) < 4.78 is 15.0. The van der Waals surface area contributed by atoms with Crippen LogP contribution in [0.5, 0.6) is 0 Å². The molecule has 0 unspecified atom stereocenters. The van der Waals surface area contributed by atoms with Gasteiger partial charge in [-0.25, -0.2) is 4.39 Å². The molecule has 0 radical (unpaired) electrons. The second-order valence-corrected chi connectivity index (χ2v) is 6.19. The van der Waals surface area contributed by atoms with Crippen LogP contribution < -0.4 is 0 Å². The number of piperidine rings is 1. The molecule has 1 amide bonds. The Morgan fingerprint density at radius 3 is 2.84 bits per heavy atom. The zero-order valence-corrected chi connectivity index (χ0v) is 14.0. The molecule has 0 spiro atoms. The van der Waals surface area contributed by atoms with Gasteiger partial charge in [0.15, 0.2) is 0 Å². The molecule has 6 heteroatoms. The largest absolute Gasteiger partial charge is 0.394 e. The van der Waals surface area contributed by atoms with Crippen molar-refractivity contribution in [2.45, 2.75) is 25.3 Å². The summed E-state index contributed by atoms with van der Waals surface area (Å²) in [6.45, 7) is 1.93. The van der Waals surface area contributed by atoms with Crippen molar-refractivity contribution in [3.63, 3.8) is 0 Å².